The highest BCUT2D eigenvalue weighted by Crippen LogP contribution is 2.37. The van der Waals surface area contributed by atoms with Gasteiger partial charge in [-0.2, -0.15) is 5.26 Å². The number of hydrogen-bond acceptors (Lipinski definition) is 6. The zero-order valence-electron chi connectivity index (χ0n) is 15.7. The molecule has 1 saturated heterocycles. The molecule has 1 amide bonds. The number of thioether (sulfide) groups is 1. The third-order valence-corrected chi connectivity index (χ3v) is 6.19. The largest absolute Gasteiger partial charge is 0.464 e. The normalized spacial score (nSPS) is 18.5. The van der Waals surface area contributed by atoms with E-state index in [9.17, 15) is 10.1 Å². The number of nitrogens with zero attached hydrogens (tertiary/aromatic N) is 2. The minimum absolute atomic E-state index is 0.0662. The van der Waals surface area contributed by atoms with Crippen molar-refractivity contribution in [2.75, 3.05) is 18.9 Å². The molecule has 1 atom stereocenters. The van der Waals surface area contributed by atoms with Gasteiger partial charge in [0.1, 0.15) is 16.9 Å². The first kappa shape index (κ1) is 19.0. The molecule has 1 fully saturated rings. The van der Waals surface area contributed by atoms with Gasteiger partial charge in [0.25, 0.3) is 0 Å². The van der Waals surface area contributed by atoms with Gasteiger partial charge in [-0.3, -0.25) is 4.79 Å². The number of pyridine rings is 1. The second-order valence-electron chi connectivity index (χ2n) is 7.12. The van der Waals surface area contributed by atoms with Crippen LogP contribution in [0.25, 0.3) is 11.3 Å². The summed E-state index contributed by atoms with van der Waals surface area (Å²) in [7, 11) is 0. The van der Waals surface area contributed by atoms with Crippen molar-refractivity contribution in [1.29, 1.82) is 5.26 Å². The number of aromatic nitrogens is 1. The number of fused-ring (bicyclic) bond motifs is 1. The molecule has 28 heavy (non-hydrogen) atoms. The predicted molar refractivity (Wildman–Crippen MR) is 106 cm³/mol. The molecule has 4 rings (SSSR count). The van der Waals surface area contributed by atoms with Crippen molar-refractivity contribution >= 4 is 17.7 Å². The fraction of sp³-hybridized carbons (Fsp3) is 0.476. The molecular formula is C21H23N3O3S. The van der Waals surface area contributed by atoms with Crippen molar-refractivity contribution < 1.29 is 13.9 Å². The fourth-order valence-electron chi connectivity index (χ4n) is 3.84. The molecule has 6 nitrogen and oxygen atoms in total. The molecule has 0 saturated carbocycles. The molecule has 0 radical (unpaired) electrons. The summed E-state index contributed by atoms with van der Waals surface area (Å²) < 4.78 is 11.2. The van der Waals surface area contributed by atoms with Gasteiger partial charge in [-0.1, -0.05) is 11.8 Å². The van der Waals surface area contributed by atoms with Gasteiger partial charge in [0.05, 0.1) is 23.7 Å². The Bertz CT molecular complexity index is 883. The second-order valence-corrected chi connectivity index (χ2v) is 8.08. The molecule has 0 aromatic carbocycles. The Kier molecular flexibility index (Phi) is 5.98. The first-order chi connectivity index (χ1) is 13.8. The first-order valence-corrected chi connectivity index (χ1v) is 10.8. The van der Waals surface area contributed by atoms with Crippen LogP contribution in [0.5, 0.6) is 0 Å². The SMILES string of the molecule is N#Cc1c(SCC(=O)NCC2CCCO2)nc2c(c1-c1ccco1)CCCC2. The van der Waals surface area contributed by atoms with E-state index in [1.165, 1.54) is 11.8 Å². The van der Waals surface area contributed by atoms with Crippen LogP contribution in [0.1, 0.15) is 42.5 Å². The van der Waals surface area contributed by atoms with Crippen LogP contribution >= 0.6 is 11.8 Å². The third kappa shape index (κ3) is 4.08. The highest BCUT2D eigenvalue weighted by Gasteiger charge is 2.25. The van der Waals surface area contributed by atoms with Gasteiger partial charge in [-0.05, 0) is 56.2 Å². The molecule has 1 N–H and O–H groups in total. The van der Waals surface area contributed by atoms with Crippen molar-refractivity contribution in [1.82, 2.24) is 10.3 Å². The summed E-state index contributed by atoms with van der Waals surface area (Å²) in [5, 5.41) is 13.4. The summed E-state index contributed by atoms with van der Waals surface area (Å²) in [4.78, 5) is 17.0. The summed E-state index contributed by atoms with van der Waals surface area (Å²) >= 11 is 1.32. The molecule has 0 spiro atoms. The van der Waals surface area contributed by atoms with Crippen molar-refractivity contribution in [3.05, 3.63) is 35.2 Å². The fourth-order valence-corrected chi connectivity index (χ4v) is 4.67. The lowest BCUT2D eigenvalue weighted by molar-refractivity contribution is -0.119. The van der Waals surface area contributed by atoms with Gasteiger partial charge in [-0.15, -0.1) is 0 Å². The van der Waals surface area contributed by atoms with Crippen molar-refractivity contribution in [2.45, 2.75) is 49.7 Å². The van der Waals surface area contributed by atoms with E-state index >= 15 is 0 Å². The van der Waals surface area contributed by atoms with Crippen LogP contribution in [0, 0.1) is 11.3 Å². The van der Waals surface area contributed by atoms with Gasteiger partial charge in [0.2, 0.25) is 5.91 Å². The van der Waals surface area contributed by atoms with E-state index in [0.29, 0.717) is 22.9 Å². The second kappa shape index (κ2) is 8.80. The number of nitrogens with one attached hydrogen (secondary N) is 1. The van der Waals surface area contributed by atoms with E-state index in [4.69, 9.17) is 14.1 Å². The Labute approximate surface area is 168 Å². The average Bonchev–Trinajstić information content (AvgIpc) is 3.43. The van der Waals surface area contributed by atoms with Gasteiger partial charge < -0.3 is 14.5 Å². The highest BCUT2D eigenvalue weighted by atomic mass is 32.2. The number of amides is 1. The predicted octanol–water partition coefficient (Wildman–Crippen LogP) is 3.48. The molecule has 1 unspecified atom stereocenters. The summed E-state index contributed by atoms with van der Waals surface area (Å²) in [5.74, 6) is 0.857. The van der Waals surface area contributed by atoms with E-state index in [2.05, 4.69) is 11.4 Å². The van der Waals surface area contributed by atoms with Crippen LogP contribution in [-0.4, -0.2) is 35.9 Å². The number of hydrogen-bond donors (Lipinski definition) is 1. The Morgan fingerprint density at radius 2 is 2.25 bits per heavy atom. The zero-order chi connectivity index (χ0) is 19.3. The number of nitriles is 1. The van der Waals surface area contributed by atoms with Crippen molar-refractivity contribution in [2.24, 2.45) is 0 Å². The van der Waals surface area contributed by atoms with E-state index in [1.54, 1.807) is 6.26 Å². The molecule has 3 heterocycles. The standard InChI is InChI=1S/C21H23N3O3S/c22-11-16-20(18-8-4-10-27-18)15-6-1-2-7-17(15)24-21(16)28-13-19(25)23-12-14-5-3-9-26-14/h4,8,10,14H,1-3,5-7,9,12-13H2,(H,23,25). The molecule has 1 aliphatic carbocycles. The van der Waals surface area contributed by atoms with Crippen molar-refractivity contribution in [3.63, 3.8) is 0 Å². The van der Waals surface area contributed by atoms with E-state index < -0.39 is 0 Å². The van der Waals surface area contributed by atoms with Crippen LogP contribution in [0.4, 0.5) is 0 Å². The minimum atomic E-state index is -0.0662. The van der Waals surface area contributed by atoms with Crippen LogP contribution in [-0.2, 0) is 22.4 Å². The first-order valence-electron chi connectivity index (χ1n) is 9.77. The maximum Gasteiger partial charge on any atom is 0.230 e. The van der Waals surface area contributed by atoms with Crippen LogP contribution in [0.15, 0.2) is 27.8 Å². The minimum Gasteiger partial charge on any atom is -0.464 e. The molecule has 1 aliphatic heterocycles. The third-order valence-electron chi connectivity index (χ3n) is 5.21. The molecule has 2 aliphatic rings. The molecule has 146 valence electrons. The number of aryl methyl sites for hydroxylation is 1. The quantitative estimate of drug-likeness (QED) is 0.751. The number of furan rings is 1. The number of carbonyl (C=O) groups excluding carboxylic acids is 1. The maximum absolute atomic E-state index is 12.3. The van der Waals surface area contributed by atoms with Crippen LogP contribution in [0.2, 0.25) is 0 Å². The lowest BCUT2D eigenvalue weighted by atomic mass is 9.89. The van der Waals surface area contributed by atoms with Gasteiger partial charge in [0.15, 0.2) is 0 Å². The van der Waals surface area contributed by atoms with Crippen molar-refractivity contribution in [3.8, 4) is 17.4 Å². The summed E-state index contributed by atoms with van der Waals surface area (Å²) in [6.07, 6.45) is 7.77. The summed E-state index contributed by atoms with van der Waals surface area (Å²) in [6, 6.07) is 6.02. The zero-order valence-corrected chi connectivity index (χ0v) is 16.5. The Morgan fingerprint density at radius 3 is 3.00 bits per heavy atom. The smallest absolute Gasteiger partial charge is 0.230 e. The summed E-state index contributed by atoms with van der Waals surface area (Å²) in [5.41, 5.74) is 3.50. The van der Waals surface area contributed by atoms with Gasteiger partial charge in [-0.25, -0.2) is 4.98 Å². The van der Waals surface area contributed by atoms with Crippen LogP contribution in [0.3, 0.4) is 0 Å². The Hall–Kier alpha value is -2.30. The Balaban J connectivity index is 1.54. The number of carbonyl (C=O) groups is 1. The molecular weight excluding hydrogens is 374 g/mol. The molecule has 0 bridgehead atoms. The highest BCUT2D eigenvalue weighted by molar-refractivity contribution is 8.00. The monoisotopic (exact) mass is 397 g/mol. The maximum atomic E-state index is 12.3. The molecule has 2 aromatic heterocycles. The number of rotatable bonds is 6. The Morgan fingerprint density at radius 1 is 1.36 bits per heavy atom. The van der Waals surface area contributed by atoms with E-state index in [0.717, 1.165) is 62.0 Å². The molecule has 2 aromatic rings. The number of ether oxygens (including phenoxy) is 1. The van der Waals surface area contributed by atoms with Gasteiger partial charge in [0, 0.05) is 24.4 Å². The topological polar surface area (TPSA) is 88.2 Å². The van der Waals surface area contributed by atoms with Crippen LogP contribution < -0.4 is 5.32 Å². The molecule has 7 heteroatoms. The van der Waals surface area contributed by atoms with E-state index in [1.807, 2.05) is 12.1 Å². The lowest BCUT2D eigenvalue weighted by Crippen LogP contribution is -2.32. The van der Waals surface area contributed by atoms with E-state index in [-0.39, 0.29) is 17.8 Å². The summed E-state index contributed by atoms with van der Waals surface area (Å²) in [6.45, 7) is 1.31. The average molecular weight is 398 g/mol. The lowest BCUT2D eigenvalue weighted by Gasteiger charge is -2.20. The van der Waals surface area contributed by atoms with Gasteiger partial charge >= 0.3 is 0 Å².